The van der Waals surface area contributed by atoms with Crippen LogP contribution < -0.4 is 10.6 Å². The fourth-order valence-corrected chi connectivity index (χ4v) is 1.07. The van der Waals surface area contributed by atoms with Crippen LogP contribution in [0.3, 0.4) is 0 Å². The molecule has 0 fully saturated rings. The van der Waals surface area contributed by atoms with Crippen LogP contribution in [0.5, 0.6) is 0 Å². The van der Waals surface area contributed by atoms with Crippen LogP contribution in [0.4, 0.5) is 10.8 Å². The third kappa shape index (κ3) is 3.95. The minimum atomic E-state index is -1.23. The van der Waals surface area contributed by atoms with Gasteiger partial charge in [0.05, 0.1) is 5.69 Å². The van der Waals surface area contributed by atoms with Crippen molar-refractivity contribution in [3.63, 3.8) is 0 Å². The number of carboxylic acids is 1. The molecule has 0 aliphatic heterocycles. The lowest BCUT2D eigenvalue weighted by molar-refractivity contribution is -0.133. The Morgan fingerprint density at radius 1 is 1.26 bits per heavy atom. The van der Waals surface area contributed by atoms with Gasteiger partial charge in [-0.25, -0.2) is 9.59 Å². The maximum absolute atomic E-state index is 11.6. The maximum Gasteiger partial charge on any atom is 0.331 e. The quantitative estimate of drug-likeness (QED) is 0.704. The largest absolute Gasteiger partial charge is 0.478 e. The first kappa shape index (κ1) is 14.4. The molecule has 0 aliphatic carbocycles. The van der Waals surface area contributed by atoms with Gasteiger partial charge in [-0.05, 0) is 20.8 Å². The van der Waals surface area contributed by atoms with E-state index in [9.17, 15) is 14.4 Å². The standard InChI is InChI=1S/C11H13N3O5/c1-5-4-19-11(12-5)14-10(18)13-8(15)6(2)7(3)9(16)17/h4H,1-3H3,(H,16,17)(H2,12,13,14,15,18). The smallest absolute Gasteiger partial charge is 0.331 e. The Balaban J connectivity index is 2.65. The molecule has 0 unspecified atom stereocenters. The highest BCUT2D eigenvalue weighted by molar-refractivity contribution is 6.09. The van der Waals surface area contributed by atoms with Crippen molar-refractivity contribution >= 4 is 23.9 Å². The first-order valence-electron chi connectivity index (χ1n) is 5.26. The number of hydrogen-bond donors (Lipinski definition) is 3. The van der Waals surface area contributed by atoms with E-state index in [1.807, 2.05) is 5.32 Å². The topological polar surface area (TPSA) is 122 Å². The molecule has 8 heteroatoms. The van der Waals surface area contributed by atoms with Gasteiger partial charge in [-0.2, -0.15) is 4.98 Å². The number of aliphatic carboxylic acids is 1. The van der Waals surface area contributed by atoms with Crippen molar-refractivity contribution in [2.75, 3.05) is 5.32 Å². The minimum Gasteiger partial charge on any atom is -0.478 e. The Labute approximate surface area is 108 Å². The van der Waals surface area contributed by atoms with Crippen molar-refractivity contribution in [2.45, 2.75) is 20.8 Å². The van der Waals surface area contributed by atoms with E-state index in [0.717, 1.165) is 0 Å². The molecule has 1 heterocycles. The second-order valence-electron chi connectivity index (χ2n) is 3.76. The number of urea groups is 1. The summed E-state index contributed by atoms with van der Waals surface area (Å²) in [5, 5.41) is 12.9. The Morgan fingerprint density at radius 2 is 1.89 bits per heavy atom. The second kappa shape index (κ2) is 5.80. The predicted molar refractivity (Wildman–Crippen MR) is 64.4 cm³/mol. The highest BCUT2D eigenvalue weighted by Crippen LogP contribution is 2.06. The lowest BCUT2D eigenvalue weighted by Gasteiger charge is -2.05. The molecule has 102 valence electrons. The molecule has 0 atom stereocenters. The van der Waals surface area contributed by atoms with Crippen LogP contribution in [0.25, 0.3) is 0 Å². The number of rotatable bonds is 3. The molecule has 0 bridgehead atoms. The molecular formula is C11H13N3O5. The van der Waals surface area contributed by atoms with E-state index in [-0.39, 0.29) is 17.2 Å². The van der Waals surface area contributed by atoms with Crippen LogP contribution in [0, 0.1) is 6.92 Å². The van der Waals surface area contributed by atoms with Gasteiger partial charge in [0.25, 0.3) is 5.91 Å². The Bertz CT molecular complexity index is 558. The van der Waals surface area contributed by atoms with Crippen LogP contribution in [-0.4, -0.2) is 28.0 Å². The summed E-state index contributed by atoms with van der Waals surface area (Å²) in [6, 6.07) is -0.913. The molecular weight excluding hydrogens is 254 g/mol. The van der Waals surface area contributed by atoms with Crippen molar-refractivity contribution in [3.05, 3.63) is 23.1 Å². The van der Waals surface area contributed by atoms with Gasteiger partial charge in [0, 0.05) is 11.1 Å². The van der Waals surface area contributed by atoms with Crippen molar-refractivity contribution in [3.8, 4) is 0 Å². The normalized spacial score (nSPS) is 11.5. The van der Waals surface area contributed by atoms with Gasteiger partial charge in [-0.3, -0.25) is 15.4 Å². The van der Waals surface area contributed by atoms with E-state index in [1.54, 1.807) is 6.92 Å². The average Bonchev–Trinajstić information content (AvgIpc) is 2.72. The summed E-state index contributed by atoms with van der Waals surface area (Å²) in [4.78, 5) is 37.4. The molecule has 1 rings (SSSR count). The van der Waals surface area contributed by atoms with Crippen molar-refractivity contribution in [1.82, 2.24) is 10.3 Å². The fourth-order valence-electron chi connectivity index (χ4n) is 1.07. The fraction of sp³-hybridized carbons (Fsp3) is 0.273. The van der Waals surface area contributed by atoms with Crippen molar-refractivity contribution < 1.29 is 23.9 Å². The summed E-state index contributed by atoms with van der Waals surface area (Å²) in [5.41, 5.74) is 0.364. The number of nitrogens with one attached hydrogen (secondary N) is 2. The minimum absolute atomic E-state index is 0.0561. The number of aryl methyl sites for hydroxylation is 1. The van der Waals surface area contributed by atoms with Crippen LogP contribution >= 0.6 is 0 Å². The predicted octanol–water partition coefficient (Wildman–Crippen LogP) is 1.05. The van der Waals surface area contributed by atoms with Gasteiger partial charge in [-0.15, -0.1) is 0 Å². The molecule has 0 spiro atoms. The summed E-state index contributed by atoms with van der Waals surface area (Å²) < 4.78 is 4.86. The molecule has 0 aromatic carbocycles. The number of oxazole rings is 1. The van der Waals surface area contributed by atoms with Crippen LogP contribution in [0.1, 0.15) is 19.5 Å². The molecule has 0 radical (unpaired) electrons. The van der Waals surface area contributed by atoms with Crippen molar-refractivity contribution in [1.29, 1.82) is 0 Å². The van der Waals surface area contributed by atoms with Crippen LogP contribution in [0.15, 0.2) is 21.8 Å². The maximum atomic E-state index is 11.6. The molecule has 0 aliphatic rings. The second-order valence-corrected chi connectivity index (χ2v) is 3.76. The van der Waals surface area contributed by atoms with Gasteiger partial charge < -0.3 is 9.52 Å². The zero-order chi connectivity index (χ0) is 14.6. The molecule has 0 saturated carbocycles. The lowest BCUT2D eigenvalue weighted by atomic mass is 10.1. The van der Waals surface area contributed by atoms with E-state index >= 15 is 0 Å². The molecule has 19 heavy (non-hydrogen) atoms. The summed E-state index contributed by atoms with van der Waals surface area (Å²) >= 11 is 0. The number of carboxylic acid groups (broad SMARTS) is 1. The van der Waals surface area contributed by atoms with Gasteiger partial charge in [0.1, 0.15) is 6.26 Å². The first-order chi connectivity index (χ1) is 8.81. The van der Waals surface area contributed by atoms with Crippen molar-refractivity contribution in [2.24, 2.45) is 0 Å². The van der Waals surface area contributed by atoms with Gasteiger partial charge in [0.2, 0.25) is 0 Å². The van der Waals surface area contributed by atoms with E-state index in [4.69, 9.17) is 9.52 Å². The number of imide groups is 1. The summed E-state index contributed by atoms with van der Waals surface area (Å²) in [6.45, 7) is 4.24. The lowest BCUT2D eigenvalue weighted by Crippen LogP contribution is -2.35. The Kier molecular flexibility index (Phi) is 4.41. The zero-order valence-corrected chi connectivity index (χ0v) is 10.6. The van der Waals surface area contributed by atoms with E-state index in [2.05, 4.69) is 10.3 Å². The molecule has 3 amide bonds. The molecule has 8 nitrogen and oxygen atoms in total. The van der Waals surface area contributed by atoms with Gasteiger partial charge in [0.15, 0.2) is 0 Å². The van der Waals surface area contributed by atoms with Gasteiger partial charge in [-0.1, -0.05) is 0 Å². The number of amides is 3. The number of carbonyl (C=O) groups excluding carboxylic acids is 2. The highest BCUT2D eigenvalue weighted by Gasteiger charge is 2.16. The number of nitrogens with zero attached hydrogens (tertiary/aromatic N) is 1. The molecule has 0 saturated heterocycles. The molecule has 1 aromatic rings. The zero-order valence-electron chi connectivity index (χ0n) is 10.6. The monoisotopic (exact) mass is 267 g/mol. The van der Waals surface area contributed by atoms with E-state index < -0.39 is 17.9 Å². The van der Waals surface area contributed by atoms with Crippen LogP contribution in [0.2, 0.25) is 0 Å². The highest BCUT2D eigenvalue weighted by atomic mass is 16.4. The van der Waals surface area contributed by atoms with Crippen LogP contribution in [-0.2, 0) is 9.59 Å². The number of aromatic nitrogens is 1. The summed E-state index contributed by atoms with van der Waals surface area (Å²) in [6.07, 6.45) is 1.33. The average molecular weight is 267 g/mol. The number of anilines is 1. The molecule has 3 N–H and O–H groups in total. The summed E-state index contributed by atoms with van der Waals surface area (Å²) in [5.74, 6) is -2.03. The molecule has 1 aromatic heterocycles. The number of carbonyl (C=O) groups is 3. The Morgan fingerprint density at radius 3 is 2.37 bits per heavy atom. The SMILES string of the molecule is CC(C(=O)O)=C(C)C(=O)NC(=O)Nc1nc(C)co1. The van der Waals surface area contributed by atoms with E-state index in [1.165, 1.54) is 20.1 Å². The Hall–Kier alpha value is -2.64. The van der Waals surface area contributed by atoms with E-state index in [0.29, 0.717) is 5.69 Å². The first-order valence-corrected chi connectivity index (χ1v) is 5.26. The van der Waals surface area contributed by atoms with Gasteiger partial charge >= 0.3 is 18.0 Å². The summed E-state index contributed by atoms with van der Waals surface area (Å²) in [7, 11) is 0. The number of hydrogen-bond acceptors (Lipinski definition) is 5. The third-order valence-electron chi connectivity index (χ3n) is 2.29. The third-order valence-corrected chi connectivity index (χ3v) is 2.29.